The Labute approximate surface area is 128 Å². The Morgan fingerprint density at radius 3 is 2.71 bits per heavy atom. The van der Waals surface area contributed by atoms with Gasteiger partial charge in [0, 0.05) is 19.0 Å². The average molecular weight is 292 g/mol. The first-order valence-corrected chi connectivity index (χ1v) is 7.54. The van der Waals surface area contributed by atoms with Gasteiger partial charge in [0.2, 0.25) is 5.91 Å². The first kappa shape index (κ1) is 17.5. The Balaban J connectivity index is 2.40. The summed E-state index contributed by atoms with van der Waals surface area (Å²) in [5.41, 5.74) is 7.18. The predicted octanol–water partition coefficient (Wildman–Crippen LogP) is 2.86. The van der Waals surface area contributed by atoms with Crippen LogP contribution < -0.4 is 15.8 Å². The Bertz CT molecular complexity index is 452. The third kappa shape index (κ3) is 7.71. The van der Waals surface area contributed by atoms with Crippen molar-refractivity contribution >= 4 is 5.91 Å². The second-order valence-electron chi connectivity index (χ2n) is 6.59. The maximum atomic E-state index is 11.9. The molecule has 0 fully saturated rings. The summed E-state index contributed by atoms with van der Waals surface area (Å²) in [6.45, 7) is 9.47. The number of ether oxygens (including phenoxy) is 1. The fraction of sp³-hybridized carbons (Fsp3) is 0.588. The van der Waals surface area contributed by atoms with Crippen molar-refractivity contribution in [1.82, 2.24) is 5.32 Å². The van der Waals surface area contributed by atoms with Crippen molar-refractivity contribution in [2.75, 3.05) is 6.61 Å². The van der Waals surface area contributed by atoms with E-state index in [2.05, 4.69) is 26.1 Å². The van der Waals surface area contributed by atoms with Gasteiger partial charge in [-0.15, -0.1) is 0 Å². The zero-order valence-electron chi connectivity index (χ0n) is 13.6. The number of carbonyl (C=O) groups excluding carboxylic acids is 1. The normalized spacial score (nSPS) is 12.8. The summed E-state index contributed by atoms with van der Waals surface area (Å²) in [6.07, 6.45) is 1.20. The summed E-state index contributed by atoms with van der Waals surface area (Å²) in [5.74, 6) is 0.822. The number of nitrogens with two attached hydrogens (primary N) is 1. The maximum Gasteiger partial charge on any atom is 0.221 e. The van der Waals surface area contributed by atoms with Gasteiger partial charge in [-0.3, -0.25) is 4.79 Å². The summed E-state index contributed by atoms with van der Waals surface area (Å²) in [5, 5.41) is 2.91. The lowest BCUT2D eigenvalue weighted by Gasteiger charge is -2.22. The zero-order chi connectivity index (χ0) is 15.9. The lowest BCUT2D eigenvalue weighted by atomic mass is 9.87. The van der Waals surface area contributed by atoms with E-state index in [4.69, 9.17) is 10.5 Å². The van der Waals surface area contributed by atoms with E-state index in [0.29, 0.717) is 19.6 Å². The molecule has 0 aromatic heterocycles. The highest BCUT2D eigenvalue weighted by Crippen LogP contribution is 2.21. The molecule has 0 aliphatic heterocycles. The number of carbonyl (C=O) groups is 1. The average Bonchev–Trinajstić information content (AvgIpc) is 2.35. The van der Waals surface area contributed by atoms with Gasteiger partial charge in [0.15, 0.2) is 0 Å². The molecule has 0 bridgehead atoms. The number of amides is 1. The molecular formula is C17H28N2O2. The lowest BCUT2D eigenvalue weighted by Crippen LogP contribution is -2.34. The van der Waals surface area contributed by atoms with E-state index in [1.165, 1.54) is 0 Å². The molecule has 1 rings (SSSR count). The van der Waals surface area contributed by atoms with Gasteiger partial charge in [0.05, 0.1) is 6.61 Å². The van der Waals surface area contributed by atoms with E-state index >= 15 is 0 Å². The molecule has 1 amide bonds. The minimum absolute atomic E-state index is 0.00596. The molecule has 0 spiro atoms. The molecule has 0 aliphatic rings. The molecule has 1 unspecified atom stereocenters. The van der Waals surface area contributed by atoms with Crippen molar-refractivity contribution < 1.29 is 9.53 Å². The highest BCUT2D eigenvalue weighted by molar-refractivity contribution is 5.76. The second kappa shape index (κ2) is 8.03. The van der Waals surface area contributed by atoms with Gasteiger partial charge in [-0.05, 0) is 36.5 Å². The van der Waals surface area contributed by atoms with Crippen LogP contribution in [-0.2, 0) is 11.3 Å². The van der Waals surface area contributed by atoms with Gasteiger partial charge in [-0.25, -0.2) is 0 Å². The van der Waals surface area contributed by atoms with Crippen molar-refractivity contribution in [2.45, 2.75) is 53.1 Å². The van der Waals surface area contributed by atoms with Gasteiger partial charge < -0.3 is 15.8 Å². The molecule has 0 radical (unpaired) electrons. The molecule has 0 saturated carbocycles. The maximum absolute atomic E-state index is 11.9. The fourth-order valence-corrected chi connectivity index (χ4v) is 2.28. The van der Waals surface area contributed by atoms with Crippen molar-refractivity contribution in [2.24, 2.45) is 11.1 Å². The van der Waals surface area contributed by atoms with Crippen LogP contribution in [0.25, 0.3) is 0 Å². The van der Waals surface area contributed by atoms with Crippen molar-refractivity contribution in [3.63, 3.8) is 0 Å². The van der Waals surface area contributed by atoms with Crippen molar-refractivity contribution in [1.29, 1.82) is 0 Å². The van der Waals surface area contributed by atoms with E-state index in [-0.39, 0.29) is 17.4 Å². The van der Waals surface area contributed by atoms with Crippen LogP contribution in [0.2, 0.25) is 0 Å². The summed E-state index contributed by atoms with van der Waals surface area (Å²) in [6, 6.07) is 7.66. The molecule has 0 saturated heterocycles. The highest BCUT2D eigenvalue weighted by Gasteiger charge is 2.17. The number of hydrogen-bond donors (Lipinski definition) is 2. The summed E-state index contributed by atoms with van der Waals surface area (Å²) < 4.78 is 5.44. The van der Waals surface area contributed by atoms with Crippen LogP contribution in [0.15, 0.2) is 24.3 Å². The molecule has 4 nitrogen and oxygen atoms in total. The first-order valence-electron chi connectivity index (χ1n) is 7.54. The van der Waals surface area contributed by atoms with E-state index in [1.54, 1.807) is 0 Å². The SMILES string of the molecule is CCOc1cccc(CNC(=O)CC(N)CC(C)(C)C)c1. The van der Waals surface area contributed by atoms with Gasteiger partial charge >= 0.3 is 0 Å². The van der Waals surface area contributed by atoms with E-state index in [0.717, 1.165) is 17.7 Å². The number of nitrogens with one attached hydrogen (secondary N) is 1. The smallest absolute Gasteiger partial charge is 0.221 e. The van der Waals surface area contributed by atoms with Crippen LogP contribution in [0.4, 0.5) is 0 Å². The largest absolute Gasteiger partial charge is 0.494 e. The predicted molar refractivity (Wildman–Crippen MR) is 86.1 cm³/mol. The minimum atomic E-state index is -0.0974. The lowest BCUT2D eigenvalue weighted by molar-refractivity contribution is -0.121. The Hall–Kier alpha value is -1.55. The molecular weight excluding hydrogens is 264 g/mol. The molecule has 1 aromatic carbocycles. The second-order valence-corrected chi connectivity index (χ2v) is 6.59. The van der Waals surface area contributed by atoms with E-state index in [9.17, 15) is 4.79 Å². The van der Waals surface area contributed by atoms with Crippen LogP contribution in [-0.4, -0.2) is 18.6 Å². The zero-order valence-corrected chi connectivity index (χ0v) is 13.6. The highest BCUT2D eigenvalue weighted by atomic mass is 16.5. The van der Waals surface area contributed by atoms with Crippen molar-refractivity contribution in [3.8, 4) is 5.75 Å². The van der Waals surface area contributed by atoms with Crippen LogP contribution >= 0.6 is 0 Å². The quantitative estimate of drug-likeness (QED) is 0.812. The van der Waals surface area contributed by atoms with E-state index in [1.807, 2.05) is 31.2 Å². The summed E-state index contributed by atoms with van der Waals surface area (Å²) in [4.78, 5) is 11.9. The van der Waals surface area contributed by atoms with Gasteiger partial charge in [-0.1, -0.05) is 32.9 Å². The van der Waals surface area contributed by atoms with Gasteiger partial charge in [0.25, 0.3) is 0 Å². The Kier molecular flexibility index (Phi) is 6.69. The van der Waals surface area contributed by atoms with Gasteiger partial charge in [0.1, 0.15) is 5.75 Å². The molecule has 0 aliphatic carbocycles. The van der Waals surface area contributed by atoms with Crippen LogP contribution in [0.5, 0.6) is 5.75 Å². The summed E-state index contributed by atoms with van der Waals surface area (Å²) >= 11 is 0. The summed E-state index contributed by atoms with van der Waals surface area (Å²) in [7, 11) is 0. The minimum Gasteiger partial charge on any atom is -0.494 e. The number of rotatable bonds is 7. The number of benzene rings is 1. The first-order chi connectivity index (χ1) is 9.80. The molecule has 0 heterocycles. The standard InChI is InChI=1S/C17H28N2O2/c1-5-21-15-8-6-7-13(9-15)12-19-16(20)10-14(18)11-17(2,3)4/h6-9,14H,5,10-12,18H2,1-4H3,(H,19,20). The van der Waals surface area contributed by atoms with Gasteiger partial charge in [-0.2, -0.15) is 0 Å². The molecule has 21 heavy (non-hydrogen) atoms. The molecule has 1 atom stereocenters. The van der Waals surface area contributed by atoms with Crippen LogP contribution in [0.1, 0.15) is 46.1 Å². The molecule has 1 aromatic rings. The third-order valence-corrected chi connectivity index (χ3v) is 3.02. The van der Waals surface area contributed by atoms with Crippen molar-refractivity contribution in [3.05, 3.63) is 29.8 Å². The van der Waals surface area contributed by atoms with Crippen LogP contribution in [0, 0.1) is 5.41 Å². The molecule has 3 N–H and O–H groups in total. The Morgan fingerprint density at radius 1 is 1.38 bits per heavy atom. The number of hydrogen-bond acceptors (Lipinski definition) is 3. The van der Waals surface area contributed by atoms with E-state index < -0.39 is 0 Å². The third-order valence-electron chi connectivity index (χ3n) is 3.02. The molecule has 118 valence electrons. The molecule has 4 heteroatoms. The monoisotopic (exact) mass is 292 g/mol. The Morgan fingerprint density at radius 2 is 2.10 bits per heavy atom. The fourth-order valence-electron chi connectivity index (χ4n) is 2.28. The van der Waals surface area contributed by atoms with Crippen LogP contribution in [0.3, 0.4) is 0 Å². The topological polar surface area (TPSA) is 64.3 Å².